The van der Waals surface area contributed by atoms with Crippen molar-refractivity contribution in [2.75, 3.05) is 12.3 Å². The van der Waals surface area contributed by atoms with Crippen LogP contribution in [0.1, 0.15) is 49.4 Å². The molecule has 1 aromatic rings. The number of carbonyl (C=O) groups excluding carboxylic acids is 1. The molecule has 19 heavy (non-hydrogen) atoms. The minimum atomic E-state index is -0.302. The molecule has 1 aliphatic rings. The van der Waals surface area contributed by atoms with Crippen LogP contribution in [0.5, 0.6) is 0 Å². The molecule has 0 heterocycles. The lowest BCUT2D eigenvalue weighted by molar-refractivity contribution is 0.0526. The fourth-order valence-electron chi connectivity index (χ4n) is 2.36. The summed E-state index contributed by atoms with van der Waals surface area (Å²) in [6.45, 7) is 2.19. The molecule has 4 heteroatoms. The van der Waals surface area contributed by atoms with E-state index in [0.717, 1.165) is 4.90 Å². The predicted molar refractivity (Wildman–Crippen MR) is 79.5 cm³/mol. The maximum atomic E-state index is 11.6. The zero-order valence-electron chi connectivity index (χ0n) is 11.4. The van der Waals surface area contributed by atoms with Crippen molar-refractivity contribution in [1.82, 2.24) is 0 Å². The van der Waals surface area contributed by atoms with Crippen LogP contribution in [0.4, 0.5) is 5.69 Å². The lowest BCUT2D eigenvalue weighted by Crippen LogP contribution is -2.09. The number of nitrogens with two attached hydrogens (primary N) is 1. The second-order valence-corrected chi connectivity index (χ2v) is 6.19. The first-order valence-corrected chi connectivity index (χ1v) is 7.82. The van der Waals surface area contributed by atoms with Crippen molar-refractivity contribution < 1.29 is 9.53 Å². The summed E-state index contributed by atoms with van der Waals surface area (Å²) >= 11 is 1.85. The number of ether oxygens (including phenoxy) is 1. The summed E-state index contributed by atoms with van der Waals surface area (Å²) in [4.78, 5) is 12.7. The van der Waals surface area contributed by atoms with Crippen LogP contribution in [0.2, 0.25) is 0 Å². The summed E-state index contributed by atoms with van der Waals surface area (Å²) in [7, 11) is 0. The highest BCUT2D eigenvalue weighted by atomic mass is 32.2. The Labute approximate surface area is 118 Å². The standard InChI is InChI=1S/C15H21NO2S/c1-2-18-15(17)11-8-9-14(13(16)10-11)19-12-6-4-3-5-7-12/h8-10,12H,2-7,16H2,1H3. The van der Waals surface area contributed by atoms with Crippen molar-refractivity contribution in [3.63, 3.8) is 0 Å². The molecule has 0 unspecified atom stereocenters. The van der Waals surface area contributed by atoms with Crippen LogP contribution in [0, 0.1) is 0 Å². The van der Waals surface area contributed by atoms with Crippen LogP contribution in [-0.4, -0.2) is 17.8 Å². The van der Waals surface area contributed by atoms with Crippen molar-refractivity contribution in [1.29, 1.82) is 0 Å². The molecule has 2 N–H and O–H groups in total. The van der Waals surface area contributed by atoms with Gasteiger partial charge in [-0.2, -0.15) is 0 Å². The van der Waals surface area contributed by atoms with Gasteiger partial charge in [-0.15, -0.1) is 11.8 Å². The van der Waals surface area contributed by atoms with Gasteiger partial charge in [0.15, 0.2) is 0 Å². The molecule has 0 saturated heterocycles. The third-order valence-electron chi connectivity index (χ3n) is 3.37. The van der Waals surface area contributed by atoms with Gasteiger partial charge in [-0.1, -0.05) is 19.3 Å². The van der Waals surface area contributed by atoms with Gasteiger partial charge in [0.05, 0.1) is 12.2 Å². The number of benzene rings is 1. The lowest BCUT2D eigenvalue weighted by Gasteiger charge is -2.21. The van der Waals surface area contributed by atoms with Gasteiger partial charge in [0, 0.05) is 15.8 Å². The lowest BCUT2D eigenvalue weighted by atomic mass is 10.0. The van der Waals surface area contributed by atoms with E-state index in [0.29, 0.717) is 23.1 Å². The fourth-order valence-corrected chi connectivity index (χ4v) is 3.63. The number of anilines is 1. The van der Waals surface area contributed by atoms with E-state index in [1.54, 1.807) is 19.1 Å². The number of hydrogen-bond donors (Lipinski definition) is 1. The average Bonchev–Trinajstić information content (AvgIpc) is 2.42. The monoisotopic (exact) mass is 279 g/mol. The first-order valence-electron chi connectivity index (χ1n) is 6.94. The number of hydrogen-bond acceptors (Lipinski definition) is 4. The molecule has 0 spiro atoms. The van der Waals surface area contributed by atoms with Crippen molar-refractivity contribution in [3.05, 3.63) is 23.8 Å². The molecular weight excluding hydrogens is 258 g/mol. The molecule has 2 rings (SSSR count). The van der Waals surface area contributed by atoms with Gasteiger partial charge in [-0.05, 0) is 38.0 Å². The Bertz CT molecular complexity index is 442. The molecule has 3 nitrogen and oxygen atoms in total. The van der Waals surface area contributed by atoms with Crippen molar-refractivity contribution >= 4 is 23.4 Å². The van der Waals surface area contributed by atoms with E-state index in [9.17, 15) is 4.79 Å². The van der Waals surface area contributed by atoms with Gasteiger partial charge < -0.3 is 10.5 Å². The van der Waals surface area contributed by atoms with E-state index in [1.807, 2.05) is 17.8 Å². The summed E-state index contributed by atoms with van der Waals surface area (Å²) in [6, 6.07) is 5.48. The van der Waals surface area contributed by atoms with Crippen LogP contribution in [0.15, 0.2) is 23.1 Å². The molecule has 1 saturated carbocycles. The van der Waals surface area contributed by atoms with Gasteiger partial charge in [0.25, 0.3) is 0 Å². The first kappa shape index (κ1) is 14.3. The SMILES string of the molecule is CCOC(=O)c1ccc(SC2CCCCC2)c(N)c1. The summed E-state index contributed by atoms with van der Waals surface area (Å²) in [5, 5.41) is 0.671. The molecule has 0 aromatic heterocycles. The Morgan fingerprint density at radius 3 is 2.74 bits per heavy atom. The molecular formula is C15H21NO2S. The zero-order valence-corrected chi connectivity index (χ0v) is 12.2. The van der Waals surface area contributed by atoms with Crippen molar-refractivity contribution in [2.24, 2.45) is 0 Å². The van der Waals surface area contributed by atoms with Crippen molar-refractivity contribution in [2.45, 2.75) is 49.2 Å². The fraction of sp³-hybridized carbons (Fsp3) is 0.533. The number of thioether (sulfide) groups is 1. The minimum absolute atomic E-state index is 0.302. The maximum absolute atomic E-state index is 11.6. The van der Waals surface area contributed by atoms with E-state index < -0.39 is 0 Å². The Morgan fingerprint density at radius 2 is 2.11 bits per heavy atom. The molecule has 0 atom stereocenters. The van der Waals surface area contributed by atoms with E-state index in [4.69, 9.17) is 10.5 Å². The highest BCUT2D eigenvalue weighted by molar-refractivity contribution is 8.00. The quantitative estimate of drug-likeness (QED) is 0.671. The number of rotatable bonds is 4. The van der Waals surface area contributed by atoms with E-state index >= 15 is 0 Å². The Morgan fingerprint density at radius 1 is 1.37 bits per heavy atom. The Hall–Kier alpha value is -1.16. The van der Waals surface area contributed by atoms with E-state index in [-0.39, 0.29) is 5.97 Å². The normalized spacial score (nSPS) is 16.3. The van der Waals surface area contributed by atoms with Crippen LogP contribution < -0.4 is 5.73 Å². The van der Waals surface area contributed by atoms with Gasteiger partial charge in [-0.3, -0.25) is 0 Å². The second-order valence-electron chi connectivity index (χ2n) is 4.85. The molecule has 104 valence electrons. The zero-order chi connectivity index (χ0) is 13.7. The van der Waals surface area contributed by atoms with E-state index in [2.05, 4.69) is 0 Å². The summed E-state index contributed by atoms with van der Waals surface area (Å²) < 4.78 is 4.97. The van der Waals surface area contributed by atoms with Crippen LogP contribution >= 0.6 is 11.8 Å². The van der Waals surface area contributed by atoms with Gasteiger partial charge in [-0.25, -0.2) is 4.79 Å². The predicted octanol–water partition coefficient (Wildman–Crippen LogP) is 3.87. The summed E-state index contributed by atoms with van der Waals surface area (Å²) in [5.74, 6) is -0.302. The van der Waals surface area contributed by atoms with E-state index in [1.165, 1.54) is 32.1 Å². The molecule has 0 amide bonds. The maximum Gasteiger partial charge on any atom is 0.338 e. The third kappa shape index (κ3) is 3.90. The second kappa shape index (κ2) is 6.85. The molecule has 1 fully saturated rings. The number of esters is 1. The Kier molecular flexibility index (Phi) is 5.14. The van der Waals surface area contributed by atoms with Gasteiger partial charge in [0.2, 0.25) is 0 Å². The molecule has 0 bridgehead atoms. The number of carbonyl (C=O) groups is 1. The van der Waals surface area contributed by atoms with Crippen LogP contribution in [0.25, 0.3) is 0 Å². The molecule has 0 radical (unpaired) electrons. The third-order valence-corrected chi connectivity index (χ3v) is 4.80. The summed E-state index contributed by atoms with van der Waals surface area (Å²) in [6.07, 6.45) is 6.53. The van der Waals surface area contributed by atoms with Crippen molar-refractivity contribution in [3.8, 4) is 0 Å². The average molecular weight is 279 g/mol. The largest absolute Gasteiger partial charge is 0.462 e. The van der Waals surface area contributed by atoms with Gasteiger partial charge in [0.1, 0.15) is 0 Å². The topological polar surface area (TPSA) is 52.3 Å². The molecule has 1 aromatic carbocycles. The van der Waals surface area contributed by atoms with Crippen LogP contribution in [0.3, 0.4) is 0 Å². The van der Waals surface area contributed by atoms with Gasteiger partial charge >= 0.3 is 5.97 Å². The smallest absolute Gasteiger partial charge is 0.338 e. The minimum Gasteiger partial charge on any atom is -0.462 e. The highest BCUT2D eigenvalue weighted by Crippen LogP contribution is 2.36. The Balaban J connectivity index is 2.04. The first-order chi connectivity index (χ1) is 9.20. The summed E-state index contributed by atoms with van der Waals surface area (Å²) in [5.41, 5.74) is 7.26. The highest BCUT2D eigenvalue weighted by Gasteiger charge is 2.16. The number of nitrogen functional groups attached to an aromatic ring is 1. The molecule has 0 aliphatic heterocycles. The van der Waals surface area contributed by atoms with Crippen LogP contribution in [-0.2, 0) is 4.74 Å². The molecule has 1 aliphatic carbocycles.